The second-order valence-corrected chi connectivity index (χ2v) is 4.78. The van der Waals surface area contributed by atoms with Crippen molar-refractivity contribution < 1.29 is 4.39 Å². The van der Waals surface area contributed by atoms with Gasteiger partial charge in [0.15, 0.2) is 0 Å². The molecule has 2 aromatic carbocycles. The fourth-order valence-corrected chi connectivity index (χ4v) is 2.18. The lowest BCUT2D eigenvalue weighted by Gasteiger charge is -2.13. The summed E-state index contributed by atoms with van der Waals surface area (Å²) in [4.78, 5) is 3.96. The summed E-state index contributed by atoms with van der Waals surface area (Å²) in [6.45, 7) is 2.52. The highest BCUT2D eigenvalue weighted by atomic mass is 19.1. The first-order valence-electron chi connectivity index (χ1n) is 6.67. The molecular weight excluding hydrogens is 267 g/mol. The maximum absolute atomic E-state index is 13.3. The number of rotatable bonds is 4. The van der Waals surface area contributed by atoms with E-state index >= 15 is 0 Å². The van der Waals surface area contributed by atoms with Crippen molar-refractivity contribution in [3.63, 3.8) is 0 Å². The number of anilines is 1. The van der Waals surface area contributed by atoms with Crippen LogP contribution in [0.2, 0.25) is 0 Å². The van der Waals surface area contributed by atoms with E-state index < -0.39 is 0 Å². The largest absolute Gasteiger partial charge is 0.379 e. The summed E-state index contributed by atoms with van der Waals surface area (Å²) in [6, 6.07) is 12.6. The number of nitrogens with one attached hydrogen (secondary N) is 1. The summed E-state index contributed by atoms with van der Waals surface area (Å²) in [5, 5.41) is 7.47. The number of hydrogen-bond acceptors (Lipinski definition) is 3. The van der Waals surface area contributed by atoms with Crippen molar-refractivity contribution in [2.24, 2.45) is 0 Å². The topological polar surface area (TPSA) is 42.7 Å². The van der Waals surface area contributed by atoms with Gasteiger partial charge in [0.05, 0.1) is 11.4 Å². The van der Waals surface area contributed by atoms with Gasteiger partial charge in [-0.3, -0.25) is 0 Å². The van der Waals surface area contributed by atoms with E-state index in [1.165, 1.54) is 12.4 Å². The highest BCUT2D eigenvalue weighted by Gasteiger charge is 2.06. The first-order chi connectivity index (χ1) is 10.2. The summed E-state index contributed by atoms with van der Waals surface area (Å²) in [7, 11) is 0. The van der Waals surface area contributed by atoms with Crippen LogP contribution in [-0.4, -0.2) is 14.8 Å². The molecule has 0 amide bonds. The van der Waals surface area contributed by atoms with E-state index in [9.17, 15) is 4.39 Å². The first-order valence-corrected chi connectivity index (χ1v) is 6.67. The Hall–Kier alpha value is -2.69. The molecule has 21 heavy (non-hydrogen) atoms. The van der Waals surface area contributed by atoms with Gasteiger partial charge in [0.25, 0.3) is 0 Å². The zero-order valence-electron chi connectivity index (χ0n) is 11.6. The van der Waals surface area contributed by atoms with Crippen molar-refractivity contribution in [3.05, 3.63) is 72.1 Å². The minimum Gasteiger partial charge on any atom is -0.379 e. The predicted molar refractivity (Wildman–Crippen MR) is 79.8 cm³/mol. The van der Waals surface area contributed by atoms with Crippen LogP contribution in [0.3, 0.4) is 0 Å². The molecule has 1 heterocycles. The van der Waals surface area contributed by atoms with Gasteiger partial charge in [-0.05, 0) is 42.3 Å². The van der Waals surface area contributed by atoms with Crippen LogP contribution >= 0.6 is 0 Å². The summed E-state index contributed by atoms with van der Waals surface area (Å²) in [6.07, 6.45) is 3.14. The zero-order chi connectivity index (χ0) is 14.7. The molecule has 1 aromatic heterocycles. The number of nitrogens with zero attached hydrogens (tertiary/aromatic N) is 3. The van der Waals surface area contributed by atoms with Crippen molar-refractivity contribution in [1.82, 2.24) is 14.8 Å². The minimum absolute atomic E-state index is 0.220. The summed E-state index contributed by atoms with van der Waals surface area (Å²) >= 11 is 0. The van der Waals surface area contributed by atoms with Crippen molar-refractivity contribution in [3.8, 4) is 5.69 Å². The summed E-state index contributed by atoms with van der Waals surface area (Å²) < 4.78 is 15.0. The molecule has 0 radical (unpaired) electrons. The normalized spacial score (nSPS) is 10.6. The molecule has 0 saturated heterocycles. The molecule has 4 nitrogen and oxygen atoms in total. The molecular formula is C16H15FN4. The van der Waals surface area contributed by atoms with Crippen LogP contribution in [0.5, 0.6) is 0 Å². The standard InChI is InChI=1S/C16H15FN4/c1-12-6-7-14(17)8-13(12)9-19-15-4-2-3-5-16(15)21-11-18-10-20-21/h2-8,10-11,19H,9H2,1H3. The van der Waals surface area contributed by atoms with Gasteiger partial charge >= 0.3 is 0 Å². The first kappa shape index (κ1) is 13.3. The molecule has 0 saturated carbocycles. The summed E-state index contributed by atoms with van der Waals surface area (Å²) in [5.41, 5.74) is 3.82. The molecule has 106 valence electrons. The van der Waals surface area contributed by atoms with Crippen LogP contribution in [0.15, 0.2) is 55.1 Å². The molecule has 0 bridgehead atoms. The Kier molecular flexibility index (Phi) is 3.64. The van der Waals surface area contributed by atoms with Crippen molar-refractivity contribution in [1.29, 1.82) is 0 Å². The lowest BCUT2D eigenvalue weighted by Crippen LogP contribution is -2.06. The lowest BCUT2D eigenvalue weighted by molar-refractivity contribution is 0.625. The average Bonchev–Trinajstić information content (AvgIpc) is 3.03. The second kappa shape index (κ2) is 5.75. The number of aryl methyl sites for hydroxylation is 1. The Labute approximate surface area is 122 Å². The van der Waals surface area contributed by atoms with E-state index in [2.05, 4.69) is 15.4 Å². The van der Waals surface area contributed by atoms with Gasteiger partial charge in [-0.15, -0.1) is 0 Å². The smallest absolute Gasteiger partial charge is 0.138 e. The number of benzene rings is 2. The van der Waals surface area contributed by atoms with E-state index in [0.717, 1.165) is 22.5 Å². The minimum atomic E-state index is -0.220. The van der Waals surface area contributed by atoms with Crippen molar-refractivity contribution >= 4 is 5.69 Å². The third-order valence-corrected chi connectivity index (χ3v) is 3.35. The van der Waals surface area contributed by atoms with Crippen LogP contribution in [-0.2, 0) is 6.54 Å². The molecule has 1 N–H and O–H groups in total. The maximum Gasteiger partial charge on any atom is 0.138 e. The molecule has 5 heteroatoms. The Bertz CT molecular complexity index is 738. The molecule has 0 aliphatic rings. The van der Waals surface area contributed by atoms with E-state index in [1.807, 2.05) is 31.2 Å². The Morgan fingerprint density at radius 2 is 2.05 bits per heavy atom. The van der Waals surface area contributed by atoms with E-state index in [1.54, 1.807) is 23.1 Å². The lowest BCUT2D eigenvalue weighted by atomic mass is 10.1. The summed E-state index contributed by atoms with van der Waals surface area (Å²) in [5.74, 6) is -0.220. The van der Waals surface area contributed by atoms with Gasteiger partial charge < -0.3 is 5.32 Å². The third-order valence-electron chi connectivity index (χ3n) is 3.35. The Morgan fingerprint density at radius 1 is 1.19 bits per heavy atom. The number of hydrogen-bond donors (Lipinski definition) is 1. The monoisotopic (exact) mass is 282 g/mol. The maximum atomic E-state index is 13.3. The highest BCUT2D eigenvalue weighted by molar-refractivity contribution is 5.60. The van der Waals surface area contributed by atoms with Gasteiger partial charge in [-0.1, -0.05) is 18.2 Å². The SMILES string of the molecule is Cc1ccc(F)cc1CNc1ccccc1-n1cncn1. The van der Waals surface area contributed by atoms with E-state index in [0.29, 0.717) is 6.54 Å². The number of halogens is 1. The molecule has 3 aromatic rings. The van der Waals surface area contributed by atoms with Gasteiger partial charge in [-0.25, -0.2) is 14.1 Å². The van der Waals surface area contributed by atoms with Crippen molar-refractivity contribution in [2.75, 3.05) is 5.32 Å². The van der Waals surface area contributed by atoms with Crippen LogP contribution in [0, 0.1) is 12.7 Å². The van der Waals surface area contributed by atoms with Crippen LogP contribution < -0.4 is 5.32 Å². The van der Waals surface area contributed by atoms with Crippen LogP contribution in [0.4, 0.5) is 10.1 Å². The van der Waals surface area contributed by atoms with Gasteiger partial charge in [0, 0.05) is 6.54 Å². The molecule has 0 aliphatic heterocycles. The fraction of sp³-hybridized carbons (Fsp3) is 0.125. The second-order valence-electron chi connectivity index (χ2n) is 4.78. The van der Waals surface area contributed by atoms with Gasteiger partial charge in [0.2, 0.25) is 0 Å². The molecule has 0 atom stereocenters. The number of para-hydroxylation sites is 2. The van der Waals surface area contributed by atoms with Crippen LogP contribution in [0.25, 0.3) is 5.69 Å². The fourth-order valence-electron chi connectivity index (χ4n) is 2.18. The molecule has 0 fully saturated rings. The quantitative estimate of drug-likeness (QED) is 0.798. The van der Waals surface area contributed by atoms with E-state index in [4.69, 9.17) is 0 Å². The highest BCUT2D eigenvalue weighted by Crippen LogP contribution is 2.20. The van der Waals surface area contributed by atoms with Crippen molar-refractivity contribution in [2.45, 2.75) is 13.5 Å². The molecule has 3 rings (SSSR count). The molecule has 0 aliphatic carbocycles. The average molecular weight is 282 g/mol. The number of aromatic nitrogens is 3. The van der Waals surface area contributed by atoms with Gasteiger partial charge in [-0.2, -0.15) is 5.10 Å². The third kappa shape index (κ3) is 2.91. The van der Waals surface area contributed by atoms with Crippen LogP contribution in [0.1, 0.15) is 11.1 Å². The molecule has 0 spiro atoms. The molecule has 0 unspecified atom stereocenters. The Morgan fingerprint density at radius 3 is 2.86 bits per heavy atom. The predicted octanol–water partition coefficient (Wildman–Crippen LogP) is 3.33. The Balaban J connectivity index is 1.84. The van der Waals surface area contributed by atoms with Gasteiger partial charge in [0.1, 0.15) is 18.5 Å². The van der Waals surface area contributed by atoms with E-state index in [-0.39, 0.29) is 5.82 Å². The zero-order valence-corrected chi connectivity index (χ0v) is 11.6.